The minimum absolute atomic E-state index is 0.547. The molecule has 2 saturated heterocycles. The molecule has 0 spiro atoms. The smallest absolute Gasteiger partial charge is 0.241 e. The summed E-state index contributed by atoms with van der Waals surface area (Å²) in [6.07, 6.45) is -6.33. The molecule has 0 bridgehead atoms. The molecule has 6 atom stereocenters. The van der Waals surface area contributed by atoms with Crippen LogP contribution in [-0.2, 0) is 14.2 Å². The first-order valence-corrected chi connectivity index (χ1v) is 5.98. The molecule has 0 aliphatic carbocycles. The summed E-state index contributed by atoms with van der Waals surface area (Å²) in [7, 11) is 0. The predicted octanol–water partition coefficient (Wildman–Crippen LogP) is -0.463. The van der Waals surface area contributed by atoms with Gasteiger partial charge in [-0.15, -0.1) is 0 Å². The highest BCUT2D eigenvalue weighted by Crippen LogP contribution is 2.42. The van der Waals surface area contributed by atoms with Crippen LogP contribution in [0.3, 0.4) is 0 Å². The van der Waals surface area contributed by atoms with Gasteiger partial charge in [0.2, 0.25) is 10.1 Å². The molecule has 9 heteroatoms. The second-order valence-electron chi connectivity index (χ2n) is 3.82. The highest BCUT2D eigenvalue weighted by Gasteiger charge is 2.57. The topological polar surface area (TPSA) is 88.4 Å². The van der Waals surface area contributed by atoms with Gasteiger partial charge in [0.05, 0.1) is 6.61 Å². The summed E-state index contributed by atoms with van der Waals surface area (Å²) in [6.45, 7) is -0.547. The molecular weight excluding hydrogens is 298 g/mol. The van der Waals surface area contributed by atoms with Crippen molar-refractivity contribution in [2.75, 3.05) is 6.61 Å². The van der Waals surface area contributed by atoms with Crippen LogP contribution in [0.4, 0.5) is 0 Å². The van der Waals surface area contributed by atoms with E-state index in [1.165, 1.54) is 0 Å². The number of aliphatic hydroxyl groups is 3. The average Bonchev–Trinajstić information content (AvgIpc) is 2.77. The lowest BCUT2D eigenvalue weighted by Gasteiger charge is -2.24. The lowest BCUT2D eigenvalue weighted by molar-refractivity contribution is -0.188. The molecule has 3 N–H and O–H groups in total. The largest absolute Gasteiger partial charge is 0.394 e. The summed E-state index contributed by atoms with van der Waals surface area (Å²) in [6, 6.07) is 0. The maximum absolute atomic E-state index is 9.81. The fourth-order valence-electron chi connectivity index (χ4n) is 1.79. The summed E-state index contributed by atoms with van der Waals surface area (Å²) in [5.41, 5.74) is 0. The Hall–Kier alpha value is 0.630. The van der Waals surface area contributed by atoms with E-state index in [0.717, 1.165) is 0 Å². The van der Waals surface area contributed by atoms with E-state index in [9.17, 15) is 10.2 Å². The number of fused-ring (bicyclic) bond motifs is 1. The van der Waals surface area contributed by atoms with Crippen LogP contribution in [0.25, 0.3) is 0 Å². The molecule has 0 aromatic carbocycles. The van der Waals surface area contributed by atoms with Crippen LogP contribution in [0, 0.1) is 0 Å². The Balaban J connectivity index is 2.01. The van der Waals surface area contributed by atoms with Crippen LogP contribution >= 0.6 is 34.8 Å². The molecule has 0 amide bonds. The third kappa shape index (κ3) is 2.65. The van der Waals surface area contributed by atoms with Crippen molar-refractivity contribution in [2.45, 2.75) is 40.8 Å². The lowest BCUT2D eigenvalue weighted by Crippen LogP contribution is -2.42. The zero-order valence-corrected chi connectivity index (χ0v) is 10.6. The average molecular weight is 310 g/mol. The van der Waals surface area contributed by atoms with Gasteiger partial charge >= 0.3 is 0 Å². The molecule has 6 nitrogen and oxygen atoms in total. The first-order chi connectivity index (χ1) is 7.84. The molecule has 2 aliphatic heterocycles. The quantitative estimate of drug-likeness (QED) is 0.598. The monoisotopic (exact) mass is 308 g/mol. The van der Waals surface area contributed by atoms with Crippen molar-refractivity contribution >= 4 is 34.8 Å². The van der Waals surface area contributed by atoms with Gasteiger partial charge in [-0.05, 0) is 0 Å². The summed E-state index contributed by atoms with van der Waals surface area (Å²) in [4.78, 5) is 0. The SMILES string of the molecule is OC[C@H](O)[C@@H]1O[C@H]2O[C@@H](C(Cl)(Cl)Cl)O[C@H]2[C@@H]1O. The van der Waals surface area contributed by atoms with Crippen molar-refractivity contribution in [3.63, 3.8) is 0 Å². The standard InChI is InChI=1S/C8H11Cl3O6/c9-8(10,11)7-16-5-3(14)4(2(13)1-12)15-6(5)17-7/h2-7,12-14H,1H2/t2-,3+,4-,5-,6-,7-/m0/s1. The molecule has 2 heterocycles. The van der Waals surface area contributed by atoms with Gasteiger partial charge in [0.15, 0.2) is 6.29 Å². The van der Waals surface area contributed by atoms with Gasteiger partial charge in [-0.3, -0.25) is 0 Å². The molecule has 100 valence electrons. The first kappa shape index (κ1) is 14.0. The van der Waals surface area contributed by atoms with Gasteiger partial charge in [0.25, 0.3) is 0 Å². The number of rotatable bonds is 2. The third-order valence-corrected chi connectivity index (χ3v) is 3.14. The van der Waals surface area contributed by atoms with Gasteiger partial charge in [-0.25, -0.2) is 0 Å². The predicted molar refractivity (Wildman–Crippen MR) is 57.8 cm³/mol. The van der Waals surface area contributed by atoms with Gasteiger partial charge in [0.1, 0.15) is 24.4 Å². The molecule has 2 fully saturated rings. The number of ether oxygens (including phenoxy) is 3. The summed E-state index contributed by atoms with van der Waals surface area (Å²) in [5.74, 6) is 0. The maximum Gasteiger partial charge on any atom is 0.241 e. The number of halogens is 3. The van der Waals surface area contributed by atoms with Crippen LogP contribution in [0.15, 0.2) is 0 Å². The molecule has 0 saturated carbocycles. The van der Waals surface area contributed by atoms with Gasteiger partial charge in [0, 0.05) is 0 Å². The van der Waals surface area contributed by atoms with E-state index in [4.69, 9.17) is 54.1 Å². The number of alkyl halides is 3. The van der Waals surface area contributed by atoms with Crippen molar-refractivity contribution < 1.29 is 29.5 Å². The zero-order chi connectivity index (χ0) is 12.8. The molecule has 0 aromatic heterocycles. The molecule has 0 unspecified atom stereocenters. The van der Waals surface area contributed by atoms with Crippen LogP contribution in [0.2, 0.25) is 0 Å². The van der Waals surface area contributed by atoms with E-state index in [-0.39, 0.29) is 0 Å². The number of hydrogen-bond acceptors (Lipinski definition) is 6. The lowest BCUT2D eigenvalue weighted by atomic mass is 10.1. The van der Waals surface area contributed by atoms with E-state index in [0.29, 0.717) is 0 Å². The highest BCUT2D eigenvalue weighted by molar-refractivity contribution is 6.67. The van der Waals surface area contributed by atoms with Crippen LogP contribution in [-0.4, -0.2) is 62.7 Å². The summed E-state index contributed by atoms with van der Waals surface area (Å²) in [5, 5.41) is 28.0. The normalized spacial score (nSPS) is 43.8. The van der Waals surface area contributed by atoms with Gasteiger partial charge < -0.3 is 29.5 Å². The van der Waals surface area contributed by atoms with Crippen molar-refractivity contribution in [3.8, 4) is 0 Å². The Morgan fingerprint density at radius 3 is 2.29 bits per heavy atom. The van der Waals surface area contributed by atoms with Crippen molar-refractivity contribution in [1.29, 1.82) is 0 Å². The maximum atomic E-state index is 9.81. The Labute approximate surface area is 112 Å². The number of hydrogen-bond donors (Lipinski definition) is 3. The molecule has 17 heavy (non-hydrogen) atoms. The van der Waals surface area contributed by atoms with E-state index in [2.05, 4.69) is 0 Å². The minimum atomic E-state index is -1.79. The Morgan fingerprint density at radius 2 is 1.82 bits per heavy atom. The van der Waals surface area contributed by atoms with Crippen molar-refractivity contribution in [1.82, 2.24) is 0 Å². The minimum Gasteiger partial charge on any atom is -0.394 e. The zero-order valence-electron chi connectivity index (χ0n) is 8.37. The van der Waals surface area contributed by atoms with Crippen LogP contribution in [0.5, 0.6) is 0 Å². The molecule has 0 aromatic rings. The highest BCUT2D eigenvalue weighted by atomic mass is 35.6. The van der Waals surface area contributed by atoms with E-state index in [1.54, 1.807) is 0 Å². The van der Waals surface area contributed by atoms with Crippen LogP contribution < -0.4 is 0 Å². The van der Waals surface area contributed by atoms with Gasteiger partial charge in [-0.2, -0.15) is 0 Å². The molecule has 2 rings (SSSR count). The number of aliphatic hydroxyl groups excluding tert-OH is 3. The van der Waals surface area contributed by atoms with Crippen molar-refractivity contribution in [2.24, 2.45) is 0 Å². The van der Waals surface area contributed by atoms with Crippen LogP contribution in [0.1, 0.15) is 0 Å². The van der Waals surface area contributed by atoms with Gasteiger partial charge in [-0.1, -0.05) is 34.8 Å². The first-order valence-electron chi connectivity index (χ1n) is 4.84. The molecule has 0 radical (unpaired) electrons. The Morgan fingerprint density at radius 1 is 1.18 bits per heavy atom. The fourth-order valence-corrected chi connectivity index (χ4v) is 2.10. The Kier molecular flexibility index (Phi) is 4.10. The second-order valence-corrected chi connectivity index (χ2v) is 6.19. The molecular formula is C8H11Cl3O6. The second kappa shape index (κ2) is 4.96. The third-order valence-electron chi connectivity index (χ3n) is 2.60. The van der Waals surface area contributed by atoms with Crippen molar-refractivity contribution in [3.05, 3.63) is 0 Å². The Bertz CT molecular complexity index is 285. The van der Waals surface area contributed by atoms with E-state index < -0.39 is 47.4 Å². The summed E-state index contributed by atoms with van der Waals surface area (Å²) >= 11 is 16.7. The van der Waals surface area contributed by atoms with E-state index >= 15 is 0 Å². The summed E-state index contributed by atoms with van der Waals surface area (Å²) < 4.78 is 13.8. The van der Waals surface area contributed by atoms with E-state index in [1.807, 2.05) is 0 Å². The fraction of sp³-hybridized carbons (Fsp3) is 1.00. The molecule has 2 aliphatic rings.